The summed E-state index contributed by atoms with van der Waals surface area (Å²) >= 11 is 0. The molecule has 2 heterocycles. The normalized spacial score (nSPS) is 11.7. The molecular weight excluding hydrogens is 789 g/mol. The maximum absolute atomic E-state index is 7.00. The molecule has 302 valence electrons. The minimum absolute atomic E-state index is 0.707. The average Bonchev–Trinajstić information content (AvgIpc) is 3.78. The minimum Gasteiger partial charge on any atom is -0.455 e. The third-order valence-electron chi connectivity index (χ3n) is 13.1. The summed E-state index contributed by atoms with van der Waals surface area (Å²) in [7, 11) is 0. The zero-order chi connectivity index (χ0) is 42.8. The molecule has 0 saturated carbocycles. The van der Waals surface area contributed by atoms with E-state index in [4.69, 9.17) is 14.4 Å². The van der Waals surface area contributed by atoms with Gasteiger partial charge in [0.2, 0.25) is 0 Å². The Kier molecular flexibility index (Phi) is 8.53. The molecule has 0 unspecified atom stereocenters. The van der Waals surface area contributed by atoms with Crippen LogP contribution in [0, 0.1) is 0 Å². The van der Waals surface area contributed by atoms with Crippen molar-refractivity contribution in [1.82, 2.24) is 9.97 Å². The zero-order valence-corrected chi connectivity index (χ0v) is 35.2. The first-order valence-electron chi connectivity index (χ1n) is 22.1. The summed E-state index contributed by atoms with van der Waals surface area (Å²) in [4.78, 5) is 10.0. The van der Waals surface area contributed by atoms with Gasteiger partial charge in [-0.1, -0.05) is 206 Å². The molecule has 2 aromatic heterocycles. The van der Waals surface area contributed by atoms with Gasteiger partial charge in [-0.25, -0.2) is 9.97 Å². The van der Waals surface area contributed by atoms with E-state index in [0.29, 0.717) is 5.82 Å². The fourth-order valence-electron chi connectivity index (χ4n) is 9.93. The number of para-hydroxylation sites is 1. The first kappa shape index (κ1) is 36.9. The zero-order valence-electron chi connectivity index (χ0n) is 35.2. The molecule has 0 aliphatic carbocycles. The molecule has 13 aromatic rings. The molecule has 11 aromatic carbocycles. The number of benzene rings is 11. The quantitative estimate of drug-likeness (QED) is 0.157. The Bertz CT molecular complexity index is 3890. The highest BCUT2D eigenvalue weighted by Crippen LogP contribution is 2.44. The van der Waals surface area contributed by atoms with Crippen molar-refractivity contribution in [1.29, 1.82) is 0 Å². The molecule has 0 radical (unpaired) electrons. The van der Waals surface area contributed by atoms with Gasteiger partial charge in [0.25, 0.3) is 0 Å². The topological polar surface area (TPSA) is 38.9 Å². The highest BCUT2D eigenvalue weighted by atomic mass is 16.3. The molecule has 0 spiro atoms. The molecule has 65 heavy (non-hydrogen) atoms. The predicted octanol–water partition coefficient (Wildman–Crippen LogP) is 17.0. The Labute approximate surface area is 375 Å². The second kappa shape index (κ2) is 15.0. The number of nitrogens with zero attached hydrogens (tertiary/aromatic N) is 2. The van der Waals surface area contributed by atoms with Crippen molar-refractivity contribution in [2.24, 2.45) is 0 Å². The van der Waals surface area contributed by atoms with Gasteiger partial charge in [0.1, 0.15) is 11.2 Å². The lowest BCUT2D eigenvalue weighted by Crippen LogP contribution is -1.95. The Morgan fingerprint density at radius 2 is 0.692 bits per heavy atom. The van der Waals surface area contributed by atoms with E-state index in [1.54, 1.807) is 0 Å². The molecule has 0 bridgehead atoms. The molecule has 0 aliphatic rings. The smallest absolute Gasteiger partial charge is 0.160 e. The Morgan fingerprint density at radius 1 is 0.231 bits per heavy atom. The fourth-order valence-corrected chi connectivity index (χ4v) is 9.93. The van der Waals surface area contributed by atoms with E-state index in [9.17, 15) is 0 Å². The van der Waals surface area contributed by atoms with Crippen molar-refractivity contribution in [2.45, 2.75) is 0 Å². The minimum atomic E-state index is 0.707. The van der Waals surface area contributed by atoms with Crippen LogP contribution in [0.3, 0.4) is 0 Å². The third kappa shape index (κ3) is 6.20. The summed E-state index contributed by atoms with van der Waals surface area (Å²) in [6.45, 7) is 0. The van der Waals surface area contributed by atoms with Crippen LogP contribution in [-0.2, 0) is 0 Å². The van der Waals surface area contributed by atoms with Crippen LogP contribution in [-0.4, -0.2) is 9.97 Å². The highest BCUT2D eigenvalue weighted by molar-refractivity contribution is 6.26. The van der Waals surface area contributed by atoms with E-state index in [0.717, 1.165) is 77.7 Å². The summed E-state index contributed by atoms with van der Waals surface area (Å²) in [6, 6.07) is 82.2. The summed E-state index contributed by atoms with van der Waals surface area (Å²) in [5.74, 6) is 0.707. The number of aromatic nitrogens is 2. The predicted molar refractivity (Wildman–Crippen MR) is 272 cm³/mol. The van der Waals surface area contributed by atoms with Crippen LogP contribution in [0.2, 0.25) is 0 Å². The standard InChI is InChI=1S/C62H38N2O/c1-3-15-40(16-4-1)58-38-59(64-62(63-58)42-17-5-2-6-18-42)41-31-29-39(30-32-41)43-19-13-20-44(35-43)46-27-14-28-54-57-37-55(51-25-11-12-26-53(51)61(57)65-60(46)54)45-33-34-52-49-23-8-7-21-47(49)48-22-9-10-24-50(48)56(52)36-45/h1-38H. The molecule has 3 nitrogen and oxygen atoms in total. The molecule has 13 rings (SSSR count). The molecule has 0 atom stereocenters. The third-order valence-corrected chi connectivity index (χ3v) is 13.1. The van der Waals surface area contributed by atoms with E-state index >= 15 is 0 Å². The lowest BCUT2D eigenvalue weighted by atomic mass is 9.90. The van der Waals surface area contributed by atoms with Crippen LogP contribution in [0.4, 0.5) is 0 Å². The molecule has 0 amide bonds. The van der Waals surface area contributed by atoms with Crippen LogP contribution in [0.1, 0.15) is 0 Å². The van der Waals surface area contributed by atoms with E-state index in [2.05, 4.69) is 194 Å². The van der Waals surface area contributed by atoms with Crippen LogP contribution in [0.5, 0.6) is 0 Å². The maximum Gasteiger partial charge on any atom is 0.160 e. The maximum atomic E-state index is 7.00. The largest absolute Gasteiger partial charge is 0.455 e. The highest BCUT2D eigenvalue weighted by Gasteiger charge is 2.19. The van der Waals surface area contributed by atoms with Gasteiger partial charge in [0.15, 0.2) is 5.82 Å². The lowest BCUT2D eigenvalue weighted by molar-refractivity contribution is 0.674. The Balaban J connectivity index is 0.899. The SMILES string of the molecule is c1ccc(-c2cc(-c3ccc(-c4cccc(-c5cccc6c5oc5c7ccccc7c(-c7ccc8c9ccccc9c9ccccc9c8c7)cc65)c4)cc3)nc(-c3ccccc3)n2)cc1. The van der Waals surface area contributed by atoms with Gasteiger partial charge in [-0.3, -0.25) is 0 Å². The van der Waals surface area contributed by atoms with Gasteiger partial charge in [0, 0.05) is 38.4 Å². The molecule has 0 N–H and O–H groups in total. The van der Waals surface area contributed by atoms with Gasteiger partial charge in [-0.15, -0.1) is 0 Å². The molecule has 0 aliphatic heterocycles. The second-order valence-corrected chi connectivity index (χ2v) is 16.8. The Morgan fingerprint density at radius 3 is 1.38 bits per heavy atom. The van der Waals surface area contributed by atoms with Gasteiger partial charge in [0.05, 0.1) is 11.4 Å². The van der Waals surface area contributed by atoms with E-state index < -0.39 is 0 Å². The first-order valence-corrected chi connectivity index (χ1v) is 22.1. The van der Waals surface area contributed by atoms with Crippen LogP contribution in [0.25, 0.3) is 132 Å². The van der Waals surface area contributed by atoms with Crippen molar-refractivity contribution in [3.63, 3.8) is 0 Å². The molecule has 0 saturated heterocycles. The number of furan rings is 1. The molecule has 0 fully saturated rings. The summed E-state index contributed by atoms with van der Waals surface area (Å²) in [6.07, 6.45) is 0. The van der Waals surface area contributed by atoms with Crippen LogP contribution >= 0.6 is 0 Å². The number of hydrogen-bond donors (Lipinski definition) is 0. The van der Waals surface area contributed by atoms with E-state index in [1.165, 1.54) is 48.8 Å². The van der Waals surface area contributed by atoms with Gasteiger partial charge < -0.3 is 4.42 Å². The van der Waals surface area contributed by atoms with Crippen molar-refractivity contribution < 1.29 is 4.42 Å². The van der Waals surface area contributed by atoms with Crippen molar-refractivity contribution in [3.8, 4) is 67.3 Å². The second-order valence-electron chi connectivity index (χ2n) is 16.8. The van der Waals surface area contributed by atoms with E-state index in [1.807, 2.05) is 36.4 Å². The van der Waals surface area contributed by atoms with Crippen molar-refractivity contribution >= 4 is 65.0 Å². The van der Waals surface area contributed by atoms with Crippen LogP contribution in [0.15, 0.2) is 235 Å². The Hall–Kier alpha value is -8.66. The fraction of sp³-hybridized carbons (Fsp3) is 0. The van der Waals surface area contributed by atoms with Crippen molar-refractivity contribution in [2.75, 3.05) is 0 Å². The molecular formula is C62H38N2O. The lowest BCUT2D eigenvalue weighted by Gasteiger charge is -2.13. The number of rotatable bonds is 6. The molecule has 3 heteroatoms. The summed E-state index contributed by atoms with van der Waals surface area (Å²) in [5.41, 5.74) is 13.5. The summed E-state index contributed by atoms with van der Waals surface area (Å²) in [5, 5.41) is 12.1. The van der Waals surface area contributed by atoms with Crippen LogP contribution < -0.4 is 0 Å². The van der Waals surface area contributed by atoms with Gasteiger partial charge in [-0.05, 0) is 89.8 Å². The summed E-state index contributed by atoms with van der Waals surface area (Å²) < 4.78 is 7.00. The number of hydrogen-bond acceptors (Lipinski definition) is 3. The van der Waals surface area contributed by atoms with Gasteiger partial charge in [-0.2, -0.15) is 0 Å². The average molecular weight is 827 g/mol. The first-order chi connectivity index (χ1) is 32.2. The monoisotopic (exact) mass is 826 g/mol. The van der Waals surface area contributed by atoms with E-state index in [-0.39, 0.29) is 0 Å². The number of fused-ring (bicyclic) bond motifs is 11. The van der Waals surface area contributed by atoms with Crippen molar-refractivity contribution in [3.05, 3.63) is 231 Å². The van der Waals surface area contributed by atoms with Gasteiger partial charge >= 0.3 is 0 Å².